The highest BCUT2D eigenvalue weighted by Gasteiger charge is 2.35. The Morgan fingerprint density at radius 1 is 0.946 bits per heavy atom. The average molecular weight is 523 g/mol. The number of nitrogens with one attached hydrogen (secondary N) is 1. The van der Waals surface area contributed by atoms with Gasteiger partial charge in [0.2, 0.25) is 0 Å². The highest BCUT2D eigenvalue weighted by Crippen LogP contribution is 2.24. The zero-order chi connectivity index (χ0) is 27.7. The van der Waals surface area contributed by atoms with Gasteiger partial charge in [-0.05, 0) is 61.2 Å². The number of aliphatic hydroxyl groups excluding tert-OH is 3. The molecule has 0 saturated heterocycles. The number of carbonyl (C=O) groups is 2. The van der Waals surface area contributed by atoms with Gasteiger partial charge < -0.3 is 30.3 Å². The lowest BCUT2D eigenvalue weighted by Gasteiger charge is -2.31. The van der Waals surface area contributed by atoms with Crippen LogP contribution < -0.4 is 5.32 Å². The number of halogens is 2. The maximum absolute atomic E-state index is 13.8. The molecule has 204 valence electrons. The molecule has 0 aliphatic heterocycles. The number of methoxy groups -OCH3 is 1. The zero-order valence-electron chi connectivity index (χ0n) is 21.6. The molecule has 2 aromatic rings. The summed E-state index contributed by atoms with van der Waals surface area (Å²) in [4.78, 5) is 28.0. The number of aryl methyl sites for hydroxylation is 1. The van der Waals surface area contributed by atoms with E-state index in [9.17, 15) is 33.7 Å². The largest absolute Gasteiger partial charge is 0.388 e. The average Bonchev–Trinajstić information content (AvgIpc) is 2.84. The maximum Gasteiger partial charge on any atom is 0.253 e. The van der Waals surface area contributed by atoms with Crippen LogP contribution in [-0.4, -0.2) is 77.1 Å². The summed E-state index contributed by atoms with van der Waals surface area (Å²) in [5.41, 5.74) is 0.762. The Morgan fingerprint density at radius 3 is 2.05 bits per heavy atom. The molecule has 2 aromatic carbocycles. The first-order valence-corrected chi connectivity index (χ1v) is 12.2. The first kappa shape index (κ1) is 30.3. The molecule has 0 aromatic heterocycles. The monoisotopic (exact) mass is 522 g/mol. The highest BCUT2D eigenvalue weighted by atomic mass is 19.1. The number of aliphatic hydroxyl groups is 3. The Balaban J connectivity index is 2.41. The van der Waals surface area contributed by atoms with E-state index in [4.69, 9.17) is 4.74 Å². The molecule has 0 heterocycles. The van der Waals surface area contributed by atoms with E-state index in [1.807, 2.05) is 13.8 Å². The summed E-state index contributed by atoms with van der Waals surface area (Å²) in [5.74, 6) is -2.92. The lowest BCUT2D eigenvalue weighted by Crippen LogP contribution is -2.52. The minimum atomic E-state index is -1.79. The predicted molar refractivity (Wildman–Crippen MR) is 134 cm³/mol. The Bertz CT molecular complexity index is 1040. The van der Waals surface area contributed by atoms with Gasteiger partial charge in [0, 0.05) is 37.4 Å². The minimum Gasteiger partial charge on any atom is -0.388 e. The molecule has 2 amide bonds. The number of amides is 2. The molecule has 0 saturated carbocycles. The number of carbonyl (C=O) groups excluding carboxylic acids is 2. The van der Waals surface area contributed by atoms with Crippen molar-refractivity contribution in [2.75, 3.05) is 26.8 Å². The second-order valence-corrected chi connectivity index (χ2v) is 9.04. The lowest BCUT2D eigenvalue weighted by atomic mass is 9.94. The van der Waals surface area contributed by atoms with Crippen LogP contribution in [0.15, 0.2) is 36.4 Å². The van der Waals surface area contributed by atoms with E-state index in [2.05, 4.69) is 5.32 Å². The standard InChI is InChI=1S/C27H36F2N2O6/c1-5-7-31(8-6-2)27(36)19-10-16(3)9-18(11-19)26(35)30-23(25(34)22(32)15-37-4)24(33)17-12-20(28)14-21(29)13-17/h9-14,22-25,32-34H,5-8,15H2,1-4H3,(H,30,35). The number of ether oxygens (including phenoxy) is 1. The number of hydrogen-bond donors (Lipinski definition) is 4. The van der Waals surface area contributed by atoms with Gasteiger partial charge in [-0.2, -0.15) is 0 Å². The molecule has 4 unspecified atom stereocenters. The molecular weight excluding hydrogens is 486 g/mol. The fraction of sp³-hybridized carbons (Fsp3) is 0.481. The third-order valence-corrected chi connectivity index (χ3v) is 5.82. The van der Waals surface area contributed by atoms with E-state index in [1.165, 1.54) is 19.2 Å². The number of nitrogens with zero attached hydrogens (tertiary/aromatic N) is 1. The topological polar surface area (TPSA) is 119 Å². The van der Waals surface area contributed by atoms with Crippen molar-refractivity contribution >= 4 is 11.8 Å². The SMILES string of the molecule is CCCN(CCC)C(=O)c1cc(C)cc(C(=O)NC(C(O)c2cc(F)cc(F)c2)C(O)C(O)COC)c1. The van der Waals surface area contributed by atoms with Gasteiger partial charge in [-0.15, -0.1) is 0 Å². The molecule has 8 nitrogen and oxygen atoms in total. The van der Waals surface area contributed by atoms with Crippen molar-refractivity contribution in [2.24, 2.45) is 0 Å². The molecule has 0 fully saturated rings. The minimum absolute atomic E-state index is 0.0763. The summed E-state index contributed by atoms with van der Waals surface area (Å²) in [5, 5.41) is 34.3. The lowest BCUT2D eigenvalue weighted by molar-refractivity contribution is -0.0633. The second kappa shape index (κ2) is 14.1. The maximum atomic E-state index is 13.8. The van der Waals surface area contributed by atoms with Crippen LogP contribution in [-0.2, 0) is 4.74 Å². The van der Waals surface area contributed by atoms with Gasteiger partial charge in [-0.3, -0.25) is 9.59 Å². The molecule has 0 radical (unpaired) electrons. The smallest absolute Gasteiger partial charge is 0.253 e. The van der Waals surface area contributed by atoms with E-state index in [1.54, 1.807) is 17.9 Å². The summed E-state index contributed by atoms with van der Waals surface area (Å²) in [6.07, 6.45) is -3.54. The fourth-order valence-electron chi connectivity index (χ4n) is 4.12. The van der Waals surface area contributed by atoms with Crippen LogP contribution >= 0.6 is 0 Å². The first-order chi connectivity index (χ1) is 17.5. The van der Waals surface area contributed by atoms with Crippen molar-refractivity contribution in [3.63, 3.8) is 0 Å². The molecule has 0 spiro atoms. The Morgan fingerprint density at radius 2 is 1.51 bits per heavy atom. The van der Waals surface area contributed by atoms with Crippen LogP contribution in [0, 0.1) is 18.6 Å². The highest BCUT2D eigenvalue weighted by molar-refractivity contribution is 6.00. The number of benzene rings is 2. The summed E-state index contributed by atoms with van der Waals surface area (Å²) < 4.78 is 32.4. The summed E-state index contributed by atoms with van der Waals surface area (Å²) in [6.45, 7) is 6.44. The van der Waals surface area contributed by atoms with E-state index < -0.39 is 41.9 Å². The Kier molecular flexibility index (Phi) is 11.6. The van der Waals surface area contributed by atoms with Gasteiger partial charge in [-0.1, -0.05) is 13.8 Å². The molecule has 10 heteroatoms. The molecule has 4 N–H and O–H groups in total. The molecule has 0 bridgehead atoms. The zero-order valence-corrected chi connectivity index (χ0v) is 21.6. The van der Waals surface area contributed by atoms with Gasteiger partial charge in [0.1, 0.15) is 29.9 Å². The quantitative estimate of drug-likeness (QED) is 0.321. The molecular formula is C27H36F2N2O6. The normalized spacial score (nSPS) is 14.5. The van der Waals surface area contributed by atoms with Crippen molar-refractivity contribution < 1.29 is 38.4 Å². The Hall–Kier alpha value is -2.92. The van der Waals surface area contributed by atoms with Crippen molar-refractivity contribution in [2.45, 2.75) is 58.0 Å². The van der Waals surface area contributed by atoms with E-state index >= 15 is 0 Å². The van der Waals surface area contributed by atoms with Crippen LogP contribution in [0.25, 0.3) is 0 Å². The summed E-state index contributed by atoms with van der Waals surface area (Å²) in [7, 11) is 1.29. The van der Waals surface area contributed by atoms with E-state index in [-0.39, 0.29) is 23.6 Å². The number of rotatable bonds is 13. The van der Waals surface area contributed by atoms with E-state index in [0.29, 0.717) is 30.3 Å². The van der Waals surface area contributed by atoms with Crippen molar-refractivity contribution in [1.82, 2.24) is 10.2 Å². The van der Waals surface area contributed by atoms with Gasteiger partial charge in [0.25, 0.3) is 11.8 Å². The summed E-state index contributed by atoms with van der Waals surface area (Å²) in [6, 6.07) is 5.37. The molecule has 37 heavy (non-hydrogen) atoms. The van der Waals surface area contributed by atoms with Gasteiger partial charge in [-0.25, -0.2) is 8.78 Å². The van der Waals surface area contributed by atoms with Crippen molar-refractivity contribution in [3.8, 4) is 0 Å². The van der Waals surface area contributed by atoms with Gasteiger partial charge in [0.05, 0.1) is 12.6 Å². The van der Waals surface area contributed by atoms with Crippen LogP contribution in [0.4, 0.5) is 8.78 Å². The first-order valence-electron chi connectivity index (χ1n) is 12.2. The van der Waals surface area contributed by atoms with Crippen molar-refractivity contribution in [3.05, 3.63) is 70.3 Å². The van der Waals surface area contributed by atoms with Crippen LogP contribution in [0.1, 0.15) is 64.6 Å². The van der Waals surface area contributed by atoms with Crippen LogP contribution in [0.5, 0.6) is 0 Å². The van der Waals surface area contributed by atoms with Gasteiger partial charge >= 0.3 is 0 Å². The van der Waals surface area contributed by atoms with Gasteiger partial charge in [0.15, 0.2) is 0 Å². The van der Waals surface area contributed by atoms with Crippen molar-refractivity contribution in [1.29, 1.82) is 0 Å². The fourth-order valence-corrected chi connectivity index (χ4v) is 4.12. The third-order valence-electron chi connectivity index (χ3n) is 5.82. The molecule has 0 aliphatic rings. The molecule has 0 aliphatic carbocycles. The van der Waals surface area contributed by atoms with Crippen LogP contribution in [0.3, 0.4) is 0 Å². The second-order valence-electron chi connectivity index (χ2n) is 9.04. The summed E-state index contributed by atoms with van der Waals surface area (Å²) >= 11 is 0. The Labute approximate surface area is 215 Å². The molecule has 2 rings (SSSR count). The molecule has 4 atom stereocenters. The predicted octanol–water partition coefficient (Wildman–Crippen LogP) is 2.74. The third kappa shape index (κ3) is 8.29. The van der Waals surface area contributed by atoms with E-state index in [0.717, 1.165) is 25.0 Å². The number of hydrogen-bond acceptors (Lipinski definition) is 6. The van der Waals surface area contributed by atoms with Crippen LogP contribution in [0.2, 0.25) is 0 Å².